The van der Waals surface area contributed by atoms with E-state index in [1.807, 2.05) is 24.3 Å². The molecule has 0 N–H and O–H groups in total. The van der Waals surface area contributed by atoms with Crippen LogP contribution in [0.5, 0.6) is 5.75 Å². The number of carbonyl (C=O) groups excluding carboxylic acids is 1. The second-order valence-corrected chi connectivity index (χ2v) is 7.39. The number of hydrogen-bond acceptors (Lipinski definition) is 2. The lowest BCUT2D eigenvalue weighted by Gasteiger charge is -2.20. The van der Waals surface area contributed by atoms with Crippen LogP contribution in [0, 0.1) is 0 Å². The first-order valence-corrected chi connectivity index (χ1v) is 8.41. The second-order valence-electron chi connectivity index (χ2n) is 7.39. The molecular weight excluding hydrogens is 296 g/mol. The Morgan fingerprint density at radius 3 is 2.33 bits per heavy atom. The first kappa shape index (κ1) is 16.5. The predicted molar refractivity (Wildman–Crippen MR) is 98.8 cm³/mol. The maximum Gasteiger partial charge on any atom is 0.189 e. The van der Waals surface area contributed by atoms with Gasteiger partial charge in [-0.25, -0.2) is 0 Å². The van der Waals surface area contributed by atoms with Gasteiger partial charge in [-0.15, -0.1) is 0 Å². The molecule has 3 rings (SSSR count). The number of carbonyl (C=O) groups is 1. The summed E-state index contributed by atoms with van der Waals surface area (Å²) in [6, 6.07) is 14.2. The smallest absolute Gasteiger partial charge is 0.189 e. The number of aryl methyl sites for hydroxylation is 1. The number of fused-ring (bicyclic) bond motifs is 1. The summed E-state index contributed by atoms with van der Waals surface area (Å²) < 4.78 is 5.25. The summed E-state index contributed by atoms with van der Waals surface area (Å²) >= 11 is 0. The molecule has 2 heteroatoms. The summed E-state index contributed by atoms with van der Waals surface area (Å²) in [4.78, 5) is 12.7. The summed E-state index contributed by atoms with van der Waals surface area (Å²) in [6.07, 6.45) is 3.69. The molecular formula is C22H24O2. The van der Waals surface area contributed by atoms with Gasteiger partial charge in [-0.3, -0.25) is 4.79 Å². The molecule has 1 aliphatic carbocycles. The van der Waals surface area contributed by atoms with Gasteiger partial charge in [-0.05, 0) is 59.2 Å². The van der Waals surface area contributed by atoms with Crippen molar-refractivity contribution in [1.82, 2.24) is 0 Å². The molecule has 0 unspecified atom stereocenters. The lowest BCUT2D eigenvalue weighted by molar-refractivity contribution is 0.102. The minimum atomic E-state index is 0.138. The van der Waals surface area contributed by atoms with Crippen LogP contribution < -0.4 is 4.74 Å². The average molecular weight is 320 g/mol. The normalized spacial score (nSPS) is 16.2. The molecule has 0 saturated carbocycles. The standard InChI is InChI=1S/C22H24O2/c1-22(2,3)18-9-5-15(6-10-18)13-17-8-7-16-14-19(24-4)11-12-20(16)21(17)23/h5-6,9-14H,7-8H2,1-4H3. The zero-order chi connectivity index (χ0) is 17.3. The van der Waals surface area contributed by atoms with Gasteiger partial charge < -0.3 is 4.74 Å². The van der Waals surface area contributed by atoms with Crippen molar-refractivity contribution in [3.63, 3.8) is 0 Å². The fourth-order valence-electron chi connectivity index (χ4n) is 3.10. The number of hydrogen-bond donors (Lipinski definition) is 0. The molecule has 24 heavy (non-hydrogen) atoms. The maximum absolute atomic E-state index is 12.7. The number of ether oxygens (including phenoxy) is 1. The van der Waals surface area contributed by atoms with Gasteiger partial charge in [0.25, 0.3) is 0 Å². The Morgan fingerprint density at radius 1 is 1.00 bits per heavy atom. The van der Waals surface area contributed by atoms with Crippen molar-refractivity contribution in [2.24, 2.45) is 0 Å². The number of ketones is 1. The van der Waals surface area contributed by atoms with Gasteiger partial charge in [0.05, 0.1) is 7.11 Å². The zero-order valence-corrected chi connectivity index (χ0v) is 14.8. The lowest BCUT2D eigenvalue weighted by Crippen LogP contribution is -2.14. The van der Waals surface area contributed by atoms with E-state index in [1.165, 1.54) is 5.56 Å². The van der Waals surface area contributed by atoms with Gasteiger partial charge in [0.15, 0.2) is 5.78 Å². The largest absolute Gasteiger partial charge is 0.497 e. The van der Waals surface area contributed by atoms with Crippen LogP contribution >= 0.6 is 0 Å². The Labute approximate surface area is 144 Å². The van der Waals surface area contributed by atoms with Crippen LogP contribution in [0.2, 0.25) is 0 Å². The van der Waals surface area contributed by atoms with Crippen molar-refractivity contribution in [2.75, 3.05) is 7.11 Å². The highest BCUT2D eigenvalue weighted by molar-refractivity contribution is 6.13. The average Bonchev–Trinajstić information content (AvgIpc) is 2.57. The van der Waals surface area contributed by atoms with Gasteiger partial charge in [-0.2, -0.15) is 0 Å². The third-order valence-electron chi connectivity index (χ3n) is 4.63. The van der Waals surface area contributed by atoms with Gasteiger partial charge in [0, 0.05) is 11.1 Å². The molecule has 0 fully saturated rings. The summed E-state index contributed by atoms with van der Waals surface area (Å²) in [5.74, 6) is 0.950. The lowest BCUT2D eigenvalue weighted by atomic mass is 9.84. The van der Waals surface area contributed by atoms with Gasteiger partial charge in [0.2, 0.25) is 0 Å². The van der Waals surface area contributed by atoms with Crippen molar-refractivity contribution in [3.05, 3.63) is 70.3 Å². The van der Waals surface area contributed by atoms with E-state index in [0.717, 1.165) is 40.9 Å². The summed E-state index contributed by atoms with van der Waals surface area (Å²) in [7, 11) is 1.65. The molecule has 0 amide bonds. The minimum Gasteiger partial charge on any atom is -0.497 e. The molecule has 0 bridgehead atoms. The van der Waals surface area contributed by atoms with E-state index < -0.39 is 0 Å². The van der Waals surface area contributed by atoms with Crippen LogP contribution in [0.3, 0.4) is 0 Å². The SMILES string of the molecule is COc1ccc2c(c1)CCC(=Cc1ccc(C(C)(C)C)cc1)C2=O. The Morgan fingerprint density at radius 2 is 1.71 bits per heavy atom. The van der Waals surface area contributed by atoms with E-state index >= 15 is 0 Å². The quantitative estimate of drug-likeness (QED) is 0.710. The van der Waals surface area contributed by atoms with Gasteiger partial charge >= 0.3 is 0 Å². The van der Waals surface area contributed by atoms with Crippen molar-refractivity contribution >= 4 is 11.9 Å². The third kappa shape index (κ3) is 3.28. The molecule has 0 radical (unpaired) electrons. The first-order chi connectivity index (χ1) is 11.4. The number of allylic oxidation sites excluding steroid dienone is 1. The number of Topliss-reactive ketones (excluding diaryl/α,β-unsaturated/α-hetero) is 1. The summed E-state index contributed by atoms with van der Waals surface area (Å²) in [6.45, 7) is 6.61. The Kier molecular flexibility index (Phi) is 4.31. The topological polar surface area (TPSA) is 26.3 Å². The van der Waals surface area contributed by atoms with Crippen LogP contribution in [0.15, 0.2) is 48.0 Å². The highest BCUT2D eigenvalue weighted by atomic mass is 16.5. The van der Waals surface area contributed by atoms with Crippen LogP contribution in [-0.4, -0.2) is 12.9 Å². The van der Waals surface area contributed by atoms with E-state index in [-0.39, 0.29) is 11.2 Å². The van der Waals surface area contributed by atoms with Crippen LogP contribution in [-0.2, 0) is 11.8 Å². The molecule has 124 valence electrons. The van der Waals surface area contributed by atoms with E-state index in [2.05, 4.69) is 45.0 Å². The van der Waals surface area contributed by atoms with E-state index in [9.17, 15) is 4.79 Å². The minimum absolute atomic E-state index is 0.138. The van der Waals surface area contributed by atoms with E-state index in [1.54, 1.807) is 7.11 Å². The molecule has 0 aromatic heterocycles. The molecule has 0 spiro atoms. The number of benzene rings is 2. The number of rotatable bonds is 2. The maximum atomic E-state index is 12.7. The molecule has 0 heterocycles. The van der Waals surface area contributed by atoms with Gasteiger partial charge in [0.1, 0.15) is 5.75 Å². The van der Waals surface area contributed by atoms with Crippen LogP contribution in [0.25, 0.3) is 6.08 Å². The summed E-state index contributed by atoms with van der Waals surface area (Å²) in [5.41, 5.74) is 5.31. The fourth-order valence-corrected chi connectivity index (χ4v) is 3.10. The van der Waals surface area contributed by atoms with E-state index in [4.69, 9.17) is 4.74 Å². The molecule has 2 aromatic carbocycles. The Hall–Kier alpha value is -2.35. The first-order valence-electron chi connectivity index (χ1n) is 8.41. The van der Waals surface area contributed by atoms with Crippen molar-refractivity contribution in [3.8, 4) is 5.75 Å². The van der Waals surface area contributed by atoms with Crippen LogP contribution in [0.1, 0.15) is 54.2 Å². The summed E-state index contributed by atoms with van der Waals surface area (Å²) in [5, 5.41) is 0. The molecule has 2 aromatic rings. The Bertz CT molecular complexity index is 790. The molecule has 0 aliphatic heterocycles. The predicted octanol–water partition coefficient (Wildman–Crippen LogP) is 5.21. The monoisotopic (exact) mass is 320 g/mol. The Balaban J connectivity index is 1.87. The molecule has 0 saturated heterocycles. The highest BCUT2D eigenvalue weighted by Gasteiger charge is 2.22. The fraction of sp³-hybridized carbons (Fsp3) is 0.318. The zero-order valence-electron chi connectivity index (χ0n) is 14.8. The molecule has 2 nitrogen and oxygen atoms in total. The van der Waals surface area contributed by atoms with Crippen molar-refractivity contribution in [2.45, 2.75) is 39.0 Å². The third-order valence-corrected chi connectivity index (χ3v) is 4.63. The second kappa shape index (κ2) is 6.27. The molecule has 1 aliphatic rings. The van der Waals surface area contributed by atoms with Gasteiger partial charge in [-0.1, -0.05) is 45.0 Å². The van der Waals surface area contributed by atoms with Crippen molar-refractivity contribution < 1.29 is 9.53 Å². The molecule has 0 atom stereocenters. The number of methoxy groups -OCH3 is 1. The highest BCUT2D eigenvalue weighted by Crippen LogP contribution is 2.30. The van der Waals surface area contributed by atoms with E-state index in [0.29, 0.717) is 0 Å². The van der Waals surface area contributed by atoms with Crippen LogP contribution in [0.4, 0.5) is 0 Å². The van der Waals surface area contributed by atoms with Crippen molar-refractivity contribution in [1.29, 1.82) is 0 Å².